The highest BCUT2D eigenvalue weighted by atomic mass is 32.2. The average molecular weight is 322 g/mol. The number of nitrogens with zero attached hydrogens (tertiary/aromatic N) is 1. The monoisotopic (exact) mass is 322 g/mol. The molecule has 20 heavy (non-hydrogen) atoms. The highest BCUT2D eigenvalue weighted by Gasteiger charge is 2.25. The predicted molar refractivity (Wildman–Crippen MR) is 76.6 cm³/mol. The summed E-state index contributed by atoms with van der Waals surface area (Å²) >= 11 is 1.40. The fraction of sp³-hybridized carbons (Fsp3) is 0.545. The second kappa shape index (κ2) is 6.17. The average Bonchev–Trinajstić information content (AvgIpc) is 2.70. The number of carboxylic acids is 1. The van der Waals surface area contributed by atoms with Crippen molar-refractivity contribution in [1.82, 2.24) is 9.29 Å². The third-order valence-electron chi connectivity index (χ3n) is 2.61. The molecule has 0 amide bonds. The molecule has 1 heterocycles. The van der Waals surface area contributed by atoms with E-state index in [2.05, 4.69) is 4.72 Å². The molecule has 1 aromatic heterocycles. The molecule has 0 radical (unpaired) electrons. The maximum absolute atomic E-state index is 12.0. The zero-order valence-electron chi connectivity index (χ0n) is 11.5. The molecule has 0 bridgehead atoms. The van der Waals surface area contributed by atoms with Crippen LogP contribution in [-0.2, 0) is 17.1 Å². The van der Waals surface area contributed by atoms with Gasteiger partial charge in [-0.2, -0.15) is 11.8 Å². The van der Waals surface area contributed by atoms with Gasteiger partial charge in [-0.1, -0.05) is 0 Å². The molecule has 1 unspecified atom stereocenters. The largest absolute Gasteiger partial charge is 0.477 e. The van der Waals surface area contributed by atoms with Crippen molar-refractivity contribution in [3.8, 4) is 0 Å². The van der Waals surface area contributed by atoms with Crippen molar-refractivity contribution < 1.29 is 23.4 Å². The van der Waals surface area contributed by atoms with E-state index in [9.17, 15) is 18.3 Å². The van der Waals surface area contributed by atoms with Crippen LogP contribution in [0.5, 0.6) is 0 Å². The van der Waals surface area contributed by atoms with E-state index in [1.54, 1.807) is 6.26 Å². The molecule has 0 aliphatic rings. The van der Waals surface area contributed by atoms with Gasteiger partial charge in [0.1, 0.15) is 10.6 Å². The Kier molecular flexibility index (Phi) is 5.25. The van der Waals surface area contributed by atoms with Crippen molar-refractivity contribution >= 4 is 27.8 Å². The highest BCUT2D eigenvalue weighted by Crippen LogP contribution is 2.15. The second-order valence-corrected chi connectivity index (χ2v) is 7.36. The van der Waals surface area contributed by atoms with Gasteiger partial charge in [-0.15, -0.1) is 0 Å². The summed E-state index contributed by atoms with van der Waals surface area (Å²) in [7, 11) is -2.40. The molecule has 0 aliphatic carbocycles. The van der Waals surface area contributed by atoms with Crippen molar-refractivity contribution in [1.29, 1.82) is 0 Å². The number of aromatic nitrogens is 1. The number of sulfonamides is 1. The summed E-state index contributed by atoms with van der Waals surface area (Å²) in [4.78, 5) is 10.7. The highest BCUT2D eigenvalue weighted by molar-refractivity contribution is 7.98. The topological polar surface area (TPSA) is 109 Å². The van der Waals surface area contributed by atoms with Gasteiger partial charge in [0.2, 0.25) is 10.0 Å². The lowest BCUT2D eigenvalue weighted by atomic mass is 10.1. The Balaban J connectivity index is 2.90. The number of nitrogens with one attached hydrogen (secondary N) is 1. The van der Waals surface area contributed by atoms with Crippen molar-refractivity contribution in [3.63, 3.8) is 0 Å². The number of aryl methyl sites for hydroxylation is 1. The molecule has 114 valence electrons. The lowest BCUT2D eigenvalue weighted by Gasteiger charge is -2.22. The second-order valence-electron chi connectivity index (χ2n) is 4.73. The van der Waals surface area contributed by atoms with Gasteiger partial charge in [0.15, 0.2) is 0 Å². The fourth-order valence-corrected chi connectivity index (χ4v) is 3.54. The fourth-order valence-electron chi connectivity index (χ4n) is 1.59. The number of aliphatic hydroxyl groups is 1. The number of hydrogen-bond acceptors (Lipinski definition) is 5. The van der Waals surface area contributed by atoms with Crippen LogP contribution in [0.3, 0.4) is 0 Å². The van der Waals surface area contributed by atoms with Crippen LogP contribution in [0.1, 0.15) is 17.4 Å². The van der Waals surface area contributed by atoms with E-state index < -0.39 is 21.6 Å². The van der Waals surface area contributed by atoms with Crippen molar-refractivity contribution in [2.75, 3.05) is 18.6 Å². The number of carboxylic acid groups (broad SMARTS) is 1. The zero-order valence-corrected chi connectivity index (χ0v) is 13.1. The minimum absolute atomic E-state index is 0.124. The van der Waals surface area contributed by atoms with E-state index in [4.69, 9.17) is 5.11 Å². The normalized spacial score (nSPS) is 15.0. The first-order chi connectivity index (χ1) is 9.09. The first kappa shape index (κ1) is 17.0. The Morgan fingerprint density at radius 1 is 1.55 bits per heavy atom. The molecule has 0 aromatic carbocycles. The van der Waals surface area contributed by atoms with Gasteiger partial charge >= 0.3 is 5.97 Å². The molecular formula is C11H18N2O5S2. The van der Waals surface area contributed by atoms with Crippen LogP contribution >= 0.6 is 11.8 Å². The standard InChI is InChI=1S/C11H18N2O5S2/c1-11(16,7-19-3)6-12-20(17,18)8-4-9(10(14)15)13(2)5-8/h4-5,12,16H,6-7H2,1-3H3,(H,14,15). The molecular weight excluding hydrogens is 304 g/mol. The molecule has 1 atom stereocenters. The van der Waals surface area contributed by atoms with Gasteiger partial charge in [0, 0.05) is 25.5 Å². The van der Waals surface area contributed by atoms with Crippen molar-refractivity contribution in [2.45, 2.75) is 17.4 Å². The number of carbonyl (C=O) groups is 1. The van der Waals surface area contributed by atoms with Crippen LogP contribution in [0, 0.1) is 0 Å². The van der Waals surface area contributed by atoms with E-state index in [1.807, 2.05) is 0 Å². The van der Waals surface area contributed by atoms with Gasteiger partial charge in [-0.05, 0) is 19.2 Å². The summed E-state index contributed by atoms with van der Waals surface area (Å²) in [5, 5.41) is 18.8. The zero-order chi connectivity index (χ0) is 15.6. The van der Waals surface area contributed by atoms with Crippen molar-refractivity contribution in [3.05, 3.63) is 18.0 Å². The molecule has 7 nitrogen and oxygen atoms in total. The first-order valence-electron chi connectivity index (χ1n) is 5.70. The van der Waals surface area contributed by atoms with E-state index in [1.165, 1.54) is 36.5 Å². The number of hydrogen-bond donors (Lipinski definition) is 3. The van der Waals surface area contributed by atoms with Crippen LogP contribution in [-0.4, -0.2) is 53.3 Å². The van der Waals surface area contributed by atoms with Gasteiger partial charge in [0.05, 0.1) is 5.60 Å². The lowest BCUT2D eigenvalue weighted by Crippen LogP contribution is -2.42. The molecule has 0 saturated carbocycles. The Morgan fingerprint density at radius 3 is 2.60 bits per heavy atom. The maximum Gasteiger partial charge on any atom is 0.352 e. The van der Waals surface area contributed by atoms with Gasteiger partial charge in [0.25, 0.3) is 0 Å². The third-order valence-corrected chi connectivity index (χ3v) is 4.89. The quantitative estimate of drug-likeness (QED) is 0.658. The summed E-state index contributed by atoms with van der Waals surface area (Å²) in [5.74, 6) is -0.826. The number of thioether (sulfide) groups is 1. The molecule has 1 aromatic rings. The Hall–Kier alpha value is -1.03. The van der Waals surface area contributed by atoms with E-state index in [-0.39, 0.29) is 17.1 Å². The molecule has 1 rings (SSSR count). The minimum atomic E-state index is -3.85. The van der Waals surface area contributed by atoms with Crippen LogP contribution < -0.4 is 4.72 Å². The van der Waals surface area contributed by atoms with Crippen molar-refractivity contribution in [2.24, 2.45) is 7.05 Å². The smallest absolute Gasteiger partial charge is 0.352 e. The Morgan fingerprint density at radius 2 is 2.15 bits per heavy atom. The van der Waals surface area contributed by atoms with Crippen LogP contribution in [0.4, 0.5) is 0 Å². The summed E-state index contributed by atoms with van der Waals surface area (Å²) in [6.07, 6.45) is 3.02. The van der Waals surface area contributed by atoms with Crippen LogP contribution in [0.2, 0.25) is 0 Å². The molecule has 0 saturated heterocycles. The van der Waals surface area contributed by atoms with E-state index >= 15 is 0 Å². The lowest BCUT2D eigenvalue weighted by molar-refractivity contribution is 0.0686. The van der Waals surface area contributed by atoms with E-state index in [0.29, 0.717) is 5.75 Å². The molecule has 3 N–H and O–H groups in total. The van der Waals surface area contributed by atoms with Crippen LogP contribution in [0.15, 0.2) is 17.2 Å². The maximum atomic E-state index is 12.0. The first-order valence-corrected chi connectivity index (χ1v) is 8.57. The Labute approximate surface area is 122 Å². The number of aromatic carboxylic acids is 1. The van der Waals surface area contributed by atoms with Gasteiger partial charge in [-0.3, -0.25) is 0 Å². The molecule has 0 spiro atoms. The summed E-state index contributed by atoms with van der Waals surface area (Å²) in [5.41, 5.74) is -1.29. The summed E-state index contributed by atoms with van der Waals surface area (Å²) in [6, 6.07) is 1.08. The van der Waals surface area contributed by atoms with Gasteiger partial charge in [-0.25, -0.2) is 17.9 Å². The SMILES string of the molecule is CSCC(C)(O)CNS(=O)(=O)c1cc(C(=O)O)n(C)c1. The number of rotatable bonds is 7. The predicted octanol–water partition coefficient (Wildman–Crippen LogP) is 0.116. The summed E-state index contributed by atoms with van der Waals surface area (Å²) in [6.45, 7) is 1.38. The minimum Gasteiger partial charge on any atom is -0.477 e. The van der Waals surface area contributed by atoms with Gasteiger partial charge < -0.3 is 14.8 Å². The molecule has 9 heteroatoms. The summed E-state index contributed by atoms with van der Waals surface area (Å²) < 4.78 is 27.6. The van der Waals surface area contributed by atoms with Crippen LogP contribution in [0.25, 0.3) is 0 Å². The van der Waals surface area contributed by atoms with E-state index in [0.717, 1.165) is 6.07 Å². The third kappa shape index (κ3) is 4.23. The molecule has 0 fully saturated rings. The molecule has 0 aliphatic heterocycles. The Bertz CT molecular complexity index is 592.